The first kappa shape index (κ1) is 14.0. The Morgan fingerprint density at radius 1 is 1.24 bits per heavy atom. The van der Waals surface area contributed by atoms with Gasteiger partial charge in [-0.3, -0.25) is 4.79 Å². The van der Waals surface area contributed by atoms with Crippen molar-refractivity contribution >= 4 is 16.9 Å². The summed E-state index contributed by atoms with van der Waals surface area (Å²) < 4.78 is 0. The summed E-state index contributed by atoms with van der Waals surface area (Å²) in [5.41, 5.74) is 4.68. The molecule has 1 amide bonds. The Balaban J connectivity index is 1.81. The molecule has 21 heavy (non-hydrogen) atoms. The summed E-state index contributed by atoms with van der Waals surface area (Å²) in [6.45, 7) is 7.92. The number of hydrogen-bond acceptors (Lipinski definition) is 3. The molecular weight excluding hydrogens is 262 g/mol. The Morgan fingerprint density at radius 3 is 2.62 bits per heavy atom. The van der Waals surface area contributed by atoms with Gasteiger partial charge in [0.05, 0.1) is 28.8 Å². The zero-order valence-electron chi connectivity index (χ0n) is 12.9. The van der Waals surface area contributed by atoms with E-state index >= 15 is 0 Å². The Kier molecular flexibility index (Phi) is 3.62. The van der Waals surface area contributed by atoms with Crippen molar-refractivity contribution in [3.05, 3.63) is 35.2 Å². The standard InChI is InChI=1S/C17H21N3O/c1-11-6-7-20(10-11)17(21)9-14-4-5-15-16(8-14)19-13(3)12(2)18-15/h4-5,8,11H,6-7,9-10H2,1-3H3. The molecule has 0 aliphatic carbocycles. The predicted octanol–water partition coefficient (Wildman–Crippen LogP) is 2.66. The highest BCUT2D eigenvalue weighted by Gasteiger charge is 2.23. The smallest absolute Gasteiger partial charge is 0.226 e. The molecule has 1 aliphatic rings. The van der Waals surface area contributed by atoms with E-state index in [1.54, 1.807) is 0 Å². The van der Waals surface area contributed by atoms with Gasteiger partial charge in [0.25, 0.3) is 0 Å². The molecule has 1 aromatic heterocycles. The molecule has 1 aromatic carbocycles. The van der Waals surface area contributed by atoms with Gasteiger partial charge >= 0.3 is 0 Å². The fraction of sp³-hybridized carbons (Fsp3) is 0.471. The number of nitrogens with zero attached hydrogens (tertiary/aromatic N) is 3. The van der Waals surface area contributed by atoms with E-state index in [4.69, 9.17) is 0 Å². The molecule has 0 saturated carbocycles. The summed E-state index contributed by atoms with van der Waals surface area (Å²) in [5, 5.41) is 0. The van der Waals surface area contributed by atoms with Crippen LogP contribution in [0.15, 0.2) is 18.2 Å². The van der Waals surface area contributed by atoms with E-state index in [-0.39, 0.29) is 5.91 Å². The Labute approximate surface area is 125 Å². The van der Waals surface area contributed by atoms with Crippen molar-refractivity contribution < 1.29 is 4.79 Å². The molecule has 3 rings (SSSR count). The van der Waals surface area contributed by atoms with Crippen LogP contribution < -0.4 is 0 Å². The molecule has 1 fully saturated rings. The lowest BCUT2D eigenvalue weighted by Crippen LogP contribution is -2.29. The second-order valence-corrected chi connectivity index (χ2v) is 6.13. The number of aryl methyl sites for hydroxylation is 2. The van der Waals surface area contributed by atoms with Crippen LogP contribution in [-0.2, 0) is 11.2 Å². The van der Waals surface area contributed by atoms with Crippen molar-refractivity contribution in [2.75, 3.05) is 13.1 Å². The van der Waals surface area contributed by atoms with Crippen LogP contribution >= 0.6 is 0 Å². The highest BCUT2D eigenvalue weighted by Crippen LogP contribution is 2.18. The van der Waals surface area contributed by atoms with Crippen molar-refractivity contribution in [3.8, 4) is 0 Å². The summed E-state index contributed by atoms with van der Waals surface area (Å²) in [4.78, 5) is 23.4. The second kappa shape index (κ2) is 5.43. The lowest BCUT2D eigenvalue weighted by molar-refractivity contribution is -0.129. The molecule has 1 aliphatic heterocycles. The van der Waals surface area contributed by atoms with Crippen LogP contribution in [0.5, 0.6) is 0 Å². The SMILES string of the molecule is Cc1nc2ccc(CC(=O)N3CCC(C)C3)cc2nc1C. The first-order valence-corrected chi connectivity index (χ1v) is 7.54. The van der Waals surface area contributed by atoms with Gasteiger partial charge in [0.2, 0.25) is 5.91 Å². The van der Waals surface area contributed by atoms with E-state index in [1.165, 1.54) is 0 Å². The van der Waals surface area contributed by atoms with Crippen LogP contribution in [0.2, 0.25) is 0 Å². The van der Waals surface area contributed by atoms with Crippen molar-refractivity contribution in [2.24, 2.45) is 5.92 Å². The van der Waals surface area contributed by atoms with E-state index in [1.807, 2.05) is 36.9 Å². The lowest BCUT2D eigenvalue weighted by atomic mass is 10.1. The molecule has 0 radical (unpaired) electrons. The van der Waals surface area contributed by atoms with Gasteiger partial charge in [-0.05, 0) is 43.9 Å². The highest BCUT2D eigenvalue weighted by molar-refractivity contribution is 5.81. The van der Waals surface area contributed by atoms with Crippen molar-refractivity contribution in [3.63, 3.8) is 0 Å². The van der Waals surface area contributed by atoms with Crippen molar-refractivity contribution in [2.45, 2.75) is 33.6 Å². The van der Waals surface area contributed by atoms with Crippen LogP contribution in [-0.4, -0.2) is 33.9 Å². The summed E-state index contributed by atoms with van der Waals surface area (Å²) in [7, 11) is 0. The molecule has 110 valence electrons. The third kappa shape index (κ3) is 2.89. The molecule has 1 unspecified atom stereocenters. The van der Waals surface area contributed by atoms with Crippen LogP contribution in [0, 0.1) is 19.8 Å². The minimum Gasteiger partial charge on any atom is -0.342 e. The normalized spacial score (nSPS) is 18.4. The Hall–Kier alpha value is -1.97. The van der Waals surface area contributed by atoms with Crippen LogP contribution in [0.1, 0.15) is 30.3 Å². The summed E-state index contributed by atoms with van der Waals surface area (Å²) in [6.07, 6.45) is 1.57. The molecule has 4 heteroatoms. The average Bonchev–Trinajstić information content (AvgIpc) is 2.87. The van der Waals surface area contributed by atoms with Crippen LogP contribution in [0.3, 0.4) is 0 Å². The van der Waals surface area contributed by atoms with Gasteiger partial charge < -0.3 is 4.90 Å². The Bertz CT molecular complexity index is 696. The van der Waals surface area contributed by atoms with Crippen molar-refractivity contribution in [1.29, 1.82) is 0 Å². The number of likely N-dealkylation sites (tertiary alicyclic amines) is 1. The van der Waals surface area contributed by atoms with E-state index in [9.17, 15) is 4.79 Å². The maximum atomic E-state index is 12.3. The van der Waals surface area contributed by atoms with Crippen molar-refractivity contribution in [1.82, 2.24) is 14.9 Å². The zero-order chi connectivity index (χ0) is 15.0. The highest BCUT2D eigenvalue weighted by atomic mass is 16.2. The maximum Gasteiger partial charge on any atom is 0.226 e. The molecular formula is C17H21N3O. The van der Waals surface area contributed by atoms with Gasteiger partial charge in [-0.25, -0.2) is 9.97 Å². The summed E-state index contributed by atoms with van der Waals surface area (Å²) >= 11 is 0. The van der Waals surface area contributed by atoms with Crippen LogP contribution in [0.25, 0.3) is 11.0 Å². The topological polar surface area (TPSA) is 46.1 Å². The van der Waals surface area contributed by atoms with Gasteiger partial charge in [0.15, 0.2) is 0 Å². The number of benzene rings is 1. The van der Waals surface area contributed by atoms with E-state index in [0.29, 0.717) is 12.3 Å². The minimum absolute atomic E-state index is 0.218. The molecule has 4 nitrogen and oxygen atoms in total. The van der Waals surface area contributed by atoms with E-state index in [2.05, 4.69) is 16.9 Å². The molecule has 2 aromatic rings. The minimum atomic E-state index is 0.218. The van der Waals surface area contributed by atoms with Gasteiger partial charge in [-0.15, -0.1) is 0 Å². The zero-order valence-corrected chi connectivity index (χ0v) is 12.9. The second-order valence-electron chi connectivity index (χ2n) is 6.13. The number of fused-ring (bicyclic) bond motifs is 1. The van der Waals surface area contributed by atoms with Crippen LogP contribution in [0.4, 0.5) is 0 Å². The molecule has 2 heterocycles. The fourth-order valence-electron chi connectivity index (χ4n) is 2.83. The first-order valence-electron chi connectivity index (χ1n) is 7.54. The average molecular weight is 283 g/mol. The quantitative estimate of drug-likeness (QED) is 0.851. The first-order chi connectivity index (χ1) is 10.0. The summed E-state index contributed by atoms with van der Waals surface area (Å²) in [6, 6.07) is 5.94. The molecule has 0 spiro atoms. The molecule has 1 atom stereocenters. The maximum absolute atomic E-state index is 12.3. The van der Waals surface area contributed by atoms with E-state index < -0.39 is 0 Å². The van der Waals surface area contributed by atoms with Gasteiger partial charge in [0.1, 0.15) is 0 Å². The fourth-order valence-corrected chi connectivity index (χ4v) is 2.83. The van der Waals surface area contributed by atoms with Gasteiger partial charge in [0, 0.05) is 13.1 Å². The van der Waals surface area contributed by atoms with E-state index in [0.717, 1.165) is 47.5 Å². The summed E-state index contributed by atoms with van der Waals surface area (Å²) in [5.74, 6) is 0.845. The van der Waals surface area contributed by atoms with Gasteiger partial charge in [-0.2, -0.15) is 0 Å². The Morgan fingerprint density at radius 2 is 1.95 bits per heavy atom. The lowest BCUT2D eigenvalue weighted by Gasteiger charge is -2.16. The number of carbonyl (C=O) groups is 1. The number of rotatable bonds is 2. The molecule has 0 bridgehead atoms. The number of carbonyl (C=O) groups excluding carboxylic acids is 1. The predicted molar refractivity (Wildman–Crippen MR) is 83.1 cm³/mol. The van der Waals surface area contributed by atoms with Gasteiger partial charge in [-0.1, -0.05) is 13.0 Å². The number of amides is 1. The molecule has 0 N–H and O–H groups in total. The number of aromatic nitrogens is 2. The largest absolute Gasteiger partial charge is 0.342 e. The number of hydrogen-bond donors (Lipinski definition) is 0. The third-order valence-electron chi connectivity index (χ3n) is 4.27. The molecule has 1 saturated heterocycles. The monoisotopic (exact) mass is 283 g/mol. The third-order valence-corrected chi connectivity index (χ3v) is 4.27.